The molecule has 1 aliphatic heterocycles. The first-order valence-electron chi connectivity index (χ1n) is 7.61. The maximum absolute atomic E-state index is 12.7. The minimum atomic E-state index is -0.244. The Hall–Kier alpha value is -2.04. The Morgan fingerprint density at radius 2 is 2.05 bits per heavy atom. The third-order valence-electron chi connectivity index (χ3n) is 4.58. The van der Waals surface area contributed by atoms with Crippen LogP contribution in [0.25, 0.3) is 11.0 Å². The maximum Gasteiger partial charge on any atom is 0.323 e. The second kappa shape index (κ2) is 5.39. The number of aromatic nitrogens is 2. The molecule has 0 spiro atoms. The minimum Gasteiger partial charge on any atom is -0.336 e. The van der Waals surface area contributed by atoms with Crippen LogP contribution in [0.2, 0.25) is 0 Å². The van der Waals surface area contributed by atoms with Crippen molar-refractivity contribution in [3.05, 3.63) is 34.2 Å². The number of imidazole rings is 1. The number of H-pyrrole nitrogens is 2. The highest BCUT2D eigenvalue weighted by molar-refractivity contribution is 5.97. The van der Waals surface area contributed by atoms with Crippen molar-refractivity contribution in [1.82, 2.24) is 14.9 Å². The molecule has 0 bridgehead atoms. The van der Waals surface area contributed by atoms with E-state index in [-0.39, 0.29) is 17.6 Å². The minimum absolute atomic E-state index is 0.0598. The van der Waals surface area contributed by atoms with Crippen molar-refractivity contribution >= 4 is 16.9 Å². The second-order valence-electron chi connectivity index (χ2n) is 6.00. The lowest BCUT2D eigenvalue weighted by Crippen LogP contribution is -2.45. The molecule has 2 aromatic rings. The smallest absolute Gasteiger partial charge is 0.323 e. The van der Waals surface area contributed by atoms with Gasteiger partial charge in [0.25, 0.3) is 5.91 Å². The summed E-state index contributed by atoms with van der Waals surface area (Å²) in [7, 11) is 0. The SMILES string of the molecule is CC[C@@H]1CC[C@H](C)N(C(=O)c2ccc3[nH]c(=O)[nH]c3c2)C1. The van der Waals surface area contributed by atoms with Gasteiger partial charge in [-0.3, -0.25) is 4.79 Å². The molecule has 5 heteroatoms. The molecule has 2 atom stereocenters. The molecule has 2 heterocycles. The Morgan fingerprint density at radius 1 is 1.29 bits per heavy atom. The molecule has 0 radical (unpaired) electrons. The molecule has 21 heavy (non-hydrogen) atoms. The normalized spacial score (nSPS) is 22.7. The van der Waals surface area contributed by atoms with Crippen molar-refractivity contribution in [2.24, 2.45) is 5.92 Å². The first kappa shape index (κ1) is 13.9. The maximum atomic E-state index is 12.7. The number of hydrogen-bond acceptors (Lipinski definition) is 2. The molecule has 1 saturated heterocycles. The van der Waals surface area contributed by atoms with Crippen molar-refractivity contribution in [3.63, 3.8) is 0 Å². The largest absolute Gasteiger partial charge is 0.336 e. The van der Waals surface area contributed by atoms with Crippen molar-refractivity contribution in [1.29, 1.82) is 0 Å². The van der Waals surface area contributed by atoms with Gasteiger partial charge in [-0.1, -0.05) is 13.3 Å². The number of fused-ring (bicyclic) bond motifs is 1. The van der Waals surface area contributed by atoms with Gasteiger partial charge in [-0.05, 0) is 43.9 Å². The Bertz CT molecular complexity index is 716. The zero-order valence-corrected chi connectivity index (χ0v) is 12.5. The standard InChI is InChI=1S/C16H21N3O2/c1-3-11-5-4-10(2)19(9-11)15(20)12-6-7-13-14(8-12)18-16(21)17-13/h6-8,10-11H,3-5,9H2,1-2H3,(H2,17,18,21)/t10-,11+/m0/s1. The van der Waals surface area contributed by atoms with Crippen LogP contribution in [-0.4, -0.2) is 33.4 Å². The predicted molar refractivity (Wildman–Crippen MR) is 82.4 cm³/mol. The molecule has 0 saturated carbocycles. The van der Waals surface area contributed by atoms with E-state index in [4.69, 9.17) is 0 Å². The average Bonchev–Trinajstić information content (AvgIpc) is 2.86. The highest BCUT2D eigenvalue weighted by Gasteiger charge is 2.28. The number of amides is 1. The molecule has 1 aliphatic rings. The summed E-state index contributed by atoms with van der Waals surface area (Å²) in [5, 5.41) is 0. The van der Waals surface area contributed by atoms with Crippen LogP contribution in [-0.2, 0) is 0 Å². The Balaban J connectivity index is 1.89. The van der Waals surface area contributed by atoms with Gasteiger partial charge in [0, 0.05) is 18.2 Å². The van der Waals surface area contributed by atoms with Gasteiger partial charge in [0.05, 0.1) is 11.0 Å². The van der Waals surface area contributed by atoms with Crippen LogP contribution in [0.15, 0.2) is 23.0 Å². The molecule has 1 fully saturated rings. The first-order chi connectivity index (χ1) is 10.1. The van der Waals surface area contributed by atoms with Gasteiger partial charge in [0.2, 0.25) is 0 Å². The van der Waals surface area contributed by atoms with Crippen molar-refractivity contribution in [3.8, 4) is 0 Å². The molecule has 112 valence electrons. The van der Waals surface area contributed by atoms with Crippen LogP contribution in [0, 0.1) is 5.92 Å². The number of hydrogen-bond donors (Lipinski definition) is 2. The van der Waals surface area contributed by atoms with Crippen LogP contribution >= 0.6 is 0 Å². The summed E-state index contributed by atoms with van der Waals surface area (Å²) in [4.78, 5) is 31.4. The highest BCUT2D eigenvalue weighted by atomic mass is 16.2. The molecule has 3 rings (SSSR count). The van der Waals surface area contributed by atoms with E-state index < -0.39 is 0 Å². The summed E-state index contributed by atoms with van der Waals surface area (Å²) in [6.07, 6.45) is 3.37. The number of benzene rings is 1. The number of piperidine rings is 1. The zero-order chi connectivity index (χ0) is 15.0. The van der Waals surface area contributed by atoms with E-state index in [0.29, 0.717) is 17.0 Å². The van der Waals surface area contributed by atoms with Crippen molar-refractivity contribution < 1.29 is 4.79 Å². The third kappa shape index (κ3) is 2.60. The molecule has 2 N–H and O–H groups in total. The molecule has 1 aromatic heterocycles. The topological polar surface area (TPSA) is 69.0 Å². The van der Waals surface area contributed by atoms with Gasteiger partial charge >= 0.3 is 5.69 Å². The van der Waals surface area contributed by atoms with Crippen LogP contribution < -0.4 is 5.69 Å². The summed E-state index contributed by atoms with van der Waals surface area (Å²) < 4.78 is 0. The van der Waals surface area contributed by atoms with Gasteiger partial charge in [0.1, 0.15) is 0 Å². The number of nitrogens with one attached hydrogen (secondary N) is 2. The van der Waals surface area contributed by atoms with E-state index in [2.05, 4.69) is 23.8 Å². The Kier molecular flexibility index (Phi) is 3.57. The Morgan fingerprint density at radius 3 is 2.81 bits per heavy atom. The number of rotatable bonds is 2. The molecule has 0 aliphatic carbocycles. The lowest BCUT2D eigenvalue weighted by molar-refractivity contribution is 0.0557. The second-order valence-corrected chi connectivity index (χ2v) is 6.00. The number of carbonyl (C=O) groups is 1. The number of nitrogens with zero attached hydrogens (tertiary/aromatic N) is 1. The van der Waals surface area contributed by atoms with E-state index in [1.54, 1.807) is 18.2 Å². The zero-order valence-electron chi connectivity index (χ0n) is 12.5. The fourth-order valence-corrected chi connectivity index (χ4v) is 3.13. The molecular weight excluding hydrogens is 266 g/mol. The van der Waals surface area contributed by atoms with E-state index >= 15 is 0 Å². The number of carbonyl (C=O) groups excluding carboxylic acids is 1. The fraction of sp³-hybridized carbons (Fsp3) is 0.500. The fourth-order valence-electron chi connectivity index (χ4n) is 3.13. The van der Waals surface area contributed by atoms with E-state index in [0.717, 1.165) is 24.9 Å². The lowest BCUT2D eigenvalue weighted by atomic mass is 9.91. The first-order valence-corrected chi connectivity index (χ1v) is 7.61. The van der Waals surface area contributed by atoms with E-state index in [9.17, 15) is 9.59 Å². The summed E-state index contributed by atoms with van der Waals surface area (Å²) in [5.41, 5.74) is 1.81. The van der Waals surface area contributed by atoms with Crippen LogP contribution in [0.5, 0.6) is 0 Å². The van der Waals surface area contributed by atoms with E-state index in [1.165, 1.54) is 6.42 Å². The van der Waals surface area contributed by atoms with E-state index in [1.807, 2.05) is 4.90 Å². The molecular formula is C16H21N3O2. The summed E-state index contributed by atoms with van der Waals surface area (Å²) >= 11 is 0. The van der Waals surface area contributed by atoms with Gasteiger partial charge in [-0.15, -0.1) is 0 Å². The molecule has 1 aromatic carbocycles. The quantitative estimate of drug-likeness (QED) is 0.891. The van der Waals surface area contributed by atoms with Crippen molar-refractivity contribution in [2.75, 3.05) is 6.54 Å². The molecule has 5 nitrogen and oxygen atoms in total. The third-order valence-corrected chi connectivity index (χ3v) is 4.58. The number of likely N-dealkylation sites (tertiary alicyclic amines) is 1. The van der Waals surface area contributed by atoms with Gasteiger partial charge < -0.3 is 14.9 Å². The Labute approximate surface area is 123 Å². The van der Waals surface area contributed by atoms with Crippen LogP contribution in [0.4, 0.5) is 0 Å². The van der Waals surface area contributed by atoms with Crippen LogP contribution in [0.1, 0.15) is 43.5 Å². The monoisotopic (exact) mass is 287 g/mol. The molecule has 0 unspecified atom stereocenters. The highest BCUT2D eigenvalue weighted by Crippen LogP contribution is 2.26. The lowest BCUT2D eigenvalue weighted by Gasteiger charge is -2.37. The summed E-state index contributed by atoms with van der Waals surface area (Å²) in [5.74, 6) is 0.658. The number of aromatic amines is 2. The van der Waals surface area contributed by atoms with Crippen molar-refractivity contribution in [2.45, 2.75) is 39.2 Å². The molecule has 1 amide bonds. The summed E-state index contributed by atoms with van der Waals surface area (Å²) in [6, 6.07) is 5.61. The van der Waals surface area contributed by atoms with Crippen LogP contribution in [0.3, 0.4) is 0 Å². The predicted octanol–water partition coefficient (Wildman–Crippen LogP) is 2.51. The van der Waals surface area contributed by atoms with Gasteiger partial charge in [0.15, 0.2) is 0 Å². The van der Waals surface area contributed by atoms with Gasteiger partial charge in [-0.2, -0.15) is 0 Å². The summed E-state index contributed by atoms with van der Waals surface area (Å²) in [6.45, 7) is 5.12. The van der Waals surface area contributed by atoms with Gasteiger partial charge in [-0.25, -0.2) is 4.79 Å². The average molecular weight is 287 g/mol.